The zero-order chi connectivity index (χ0) is 16.8. The molecule has 1 saturated heterocycles. The molecule has 4 radical (unpaired) electrons. The van der Waals surface area contributed by atoms with Crippen molar-refractivity contribution in [3.63, 3.8) is 0 Å². The number of hydrogen-bond donors (Lipinski definition) is 0. The number of hydrogen-bond acceptors (Lipinski definition) is 2. The van der Waals surface area contributed by atoms with Gasteiger partial charge in [0.15, 0.2) is 0 Å². The van der Waals surface area contributed by atoms with Gasteiger partial charge in [-0.25, -0.2) is 0 Å². The standard InChI is InChI=1S/C10H24GeN2Si.2C2H5Se/c1-9(2,3)12-11-13(10(4,5)6)14(12,7)8;2*1-2-3/h1-8H3;2*2H2,1H3. The summed E-state index contributed by atoms with van der Waals surface area (Å²) in [7, 11) is -1.26. The molecule has 0 N–H and O–H groups in total. The van der Waals surface area contributed by atoms with Crippen molar-refractivity contribution in [3.05, 3.63) is 0 Å². The Bertz CT molecular complexity index is 239. The van der Waals surface area contributed by atoms with E-state index in [1.807, 2.05) is 0 Å². The summed E-state index contributed by atoms with van der Waals surface area (Å²) in [6.07, 6.45) is 0. The average Bonchev–Trinajstić information content (AvgIpc) is 2.13. The Morgan fingerprint density at radius 3 is 1.10 bits per heavy atom. The maximum absolute atomic E-state index is 2.81. The Kier molecular flexibility index (Phi) is 11.7. The van der Waals surface area contributed by atoms with Crippen LogP contribution in [0.15, 0.2) is 0 Å². The van der Waals surface area contributed by atoms with Gasteiger partial charge in [-0.05, 0) is 0 Å². The van der Waals surface area contributed by atoms with Crippen molar-refractivity contribution in [1.82, 2.24) is 7.05 Å². The Morgan fingerprint density at radius 2 is 1.00 bits per heavy atom. The van der Waals surface area contributed by atoms with E-state index in [-0.39, 0.29) is 15.9 Å². The van der Waals surface area contributed by atoms with Gasteiger partial charge in [-0.2, -0.15) is 0 Å². The molecule has 0 aromatic rings. The Balaban J connectivity index is 0. The molecule has 0 amide bonds. The second-order valence-corrected chi connectivity index (χ2v) is 17.7. The van der Waals surface area contributed by atoms with Crippen molar-refractivity contribution in [2.75, 3.05) is 0 Å². The van der Waals surface area contributed by atoms with Crippen LogP contribution in [0.1, 0.15) is 55.4 Å². The van der Waals surface area contributed by atoms with Crippen LogP contribution in [0.5, 0.6) is 0 Å². The summed E-state index contributed by atoms with van der Waals surface area (Å²) in [5.41, 5.74) is 0.773. The minimum atomic E-state index is -1.26. The fraction of sp³-hybridized carbons (Fsp3) is 1.00. The molecule has 0 aromatic heterocycles. The molecule has 1 aliphatic heterocycles. The van der Waals surface area contributed by atoms with Gasteiger partial charge in [0.05, 0.1) is 0 Å². The van der Waals surface area contributed by atoms with Crippen LogP contribution in [0.4, 0.5) is 0 Å². The Morgan fingerprint density at radius 1 is 0.800 bits per heavy atom. The molecular formula is C14H34GeN2Se2Si. The van der Waals surface area contributed by atoms with E-state index in [4.69, 9.17) is 0 Å². The van der Waals surface area contributed by atoms with Gasteiger partial charge < -0.3 is 0 Å². The quantitative estimate of drug-likeness (QED) is 0.480. The average molecular weight is 489 g/mol. The topological polar surface area (TPSA) is 6.48 Å². The van der Waals surface area contributed by atoms with Crippen molar-refractivity contribution in [1.29, 1.82) is 0 Å². The minimum absolute atomic E-state index is 0.0216. The van der Waals surface area contributed by atoms with Gasteiger partial charge in [0.25, 0.3) is 0 Å². The summed E-state index contributed by atoms with van der Waals surface area (Å²) in [4.78, 5) is 0. The van der Waals surface area contributed by atoms with Gasteiger partial charge in [-0.1, -0.05) is 0 Å². The van der Waals surface area contributed by atoms with Crippen molar-refractivity contribution in [3.8, 4) is 0 Å². The molecule has 1 heterocycles. The molecule has 0 unspecified atom stereocenters. The fourth-order valence-electron chi connectivity index (χ4n) is 2.34. The summed E-state index contributed by atoms with van der Waals surface area (Å²) in [5, 5.41) is 2.25. The molecule has 0 aliphatic carbocycles. The SMILES string of the molecule is CC(C)(C)[N]1[Ge][N](C(C)(C)C)[Si]1(C)C.CC[Se].CC[Se]. The third kappa shape index (κ3) is 7.82. The van der Waals surface area contributed by atoms with E-state index in [0.717, 1.165) is 10.6 Å². The summed E-state index contributed by atoms with van der Waals surface area (Å²) in [6, 6.07) is 0. The molecule has 1 aliphatic rings. The van der Waals surface area contributed by atoms with Gasteiger partial charge in [-0.15, -0.1) is 0 Å². The fourth-order valence-corrected chi connectivity index (χ4v) is 12.1. The first-order valence-corrected chi connectivity index (χ1v) is 14.5. The summed E-state index contributed by atoms with van der Waals surface area (Å²) < 4.78 is 5.62. The zero-order valence-electron chi connectivity index (χ0n) is 15.1. The molecule has 0 spiro atoms. The normalized spacial score (nSPS) is 19.2. The van der Waals surface area contributed by atoms with Gasteiger partial charge in [-0.3, -0.25) is 0 Å². The Labute approximate surface area is 152 Å². The van der Waals surface area contributed by atoms with E-state index in [2.05, 4.69) is 108 Å². The van der Waals surface area contributed by atoms with E-state index in [1.165, 1.54) is 0 Å². The van der Waals surface area contributed by atoms with Gasteiger partial charge in [0.2, 0.25) is 0 Å². The third-order valence-corrected chi connectivity index (χ3v) is 17.7. The van der Waals surface area contributed by atoms with Crippen molar-refractivity contribution in [2.24, 2.45) is 0 Å². The van der Waals surface area contributed by atoms with Crippen LogP contribution in [-0.4, -0.2) is 74.4 Å². The molecule has 0 atom stereocenters. The van der Waals surface area contributed by atoms with Gasteiger partial charge in [0.1, 0.15) is 0 Å². The zero-order valence-corrected chi connectivity index (χ0v) is 21.6. The predicted octanol–water partition coefficient (Wildman–Crippen LogP) is 3.62. The summed E-state index contributed by atoms with van der Waals surface area (Å²) in [5.74, 6) is 0. The van der Waals surface area contributed by atoms with E-state index < -0.39 is 8.40 Å². The van der Waals surface area contributed by atoms with Crippen LogP contribution < -0.4 is 0 Å². The summed E-state index contributed by atoms with van der Waals surface area (Å²) in [6.45, 7) is 23.2. The molecule has 0 bridgehead atoms. The van der Waals surface area contributed by atoms with E-state index in [9.17, 15) is 0 Å². The first kappa shape index (κ1) is 24.0. The molecule has 1 rings (SSSR count). The molecule has 6 heteroatoms. The van der Waals surface area contributed by atoms with Crippen LogP contribution in [0.3, 0.4) is 0 Å². The van der Waals surface area contributed by atoms with Crippen LogP contribution in [0, 0.1) is 0 Å². The number of rotatable bonds is 0. The van der Waals surface area contributed by atoms with Crippen molar-refractivity contribution >= 4 is 56.3 Å². The maximum atomic E-state index is 2.81. The van der Waals surface area contributed by atoms with Crippen LogP contribution in [0.2, 0.25) is 23.7 Å². The van der Waals surface area contributed by atoms with Crippen LogP contribution >= 0.6 is 0 Å². The first-order chi connectivity index (χ1) is 8.80. The van der Waals surface area contributed by atoms with Gasteiger partial charge in [0, 0.05) is 0 Å². The summed E-state index contributed by atoms with van der Waals surface area (Å²) >= 11 is 5.59. The Hall–Kier alpha value is 1.72. The third-order valence-electron chi connectivity index (χ3n) is 2.64. The van der Waals surface area contributed by atoms with Crippen molar-refractivity contribution in [2.45, 2.75) is 90.2 Å². The predicted molar refractivity (Wildman–Crippen MR) is 98.9 cm³/mol. The van der Waals surface area contributed by atoms with Crippen LogP contribution in [0.25, 0.3) is 0 Å². The molecule has 1 fully saturated rings. The van der Waals surface area contributed by atoms with Crippen molar-refractivity contribution < 1.29 is 0 Å². The second kappa shape index (κ2) is 9.77. The molecule has 120 valence electrons. The molecule has 0 aromatic carbocycles. The molecule has 2 nitrogen and oxygen atoms in total. The molecule has 20 heavy (non-hydrogen) atoms. The molecular weight excluding hydrogens is 455 g/mol. The van der Waals surface area contributed by atoms with E-state index >= 15 is 0 Å². The van der Waals surface area contributed by atoms with Crippen LogP contribution in [-0.2, 0) is 0 Å². The van der Waals surface area contributed by atoms with E-state index in [0.29, 0.717) is 11.1 Å². The molecule has 0 saturated carbocycles. The van der Waals surface area contributed by atoms with Gasteiger partial charge >= 0.3 is 154 Å². The monoisotopic (exact) mass is 492 g/mol. The second-order valence-electron chi connectivity index (χ2n) is 7.18. The van der Waals surface area contributed by atoms with E-state index in [1.54, 1.807) is 0 Å². The first-order valence-electron chi connectivity index (χ1n) is 7.33. The number of nitrogens with zero attached hydrogens (tertiary/aromatic N) is 2.